The third kappa shape index (κ3) is 6.01. The highest BCUT2D eigenvalue weighted by molar-refractivity contribution is 6.39. The number of fused-ring (bicyclic) bond motifs is 1. The van der Waals surface area contributed by atoms with E-state index < -0.39 is 0 Å². The normalized spacial score (nSPS) is 15.0. The molecule has 4 aromatic rings. The fourth-order valence-corrected chi connectivity index (χ4v) is 5.50. The number of aromatic amines is 1. The van der Waals surface area contributed by atoms with E-state index in [1.807, 2.05) is 37.5 Å². The van der Waals surface area contributed by atoms with Crippen LogP contribution in [-0.2, 0) is 26.1 Å². The highest BCUT2D eigenvalue weighted by Crippen LogP contribution is 2.34. The molecule has 37 heavy (non-hydrogen) atoms. The molecule has 1 atom stereocenters. The first kappa shape index (κ1) is 25.4. The van der Waals surface area contributed by atoms with Crippen LogP contribution in [0.2, 0.25) is 10.0 Å². The number of aromatic nitrogens is 4. The van der Waals surface area contributed by atoms with Crippen molar-refractivity contribution in [3.05, 3.63) is 111 Å². The Hall–Kier alpha value is -3.26. The van der Waals surface area contributed by atoms with Gasteiger partial charge >= 0.3 is 0 Å². The number of halogens is 2. The number of nitrogens with zero attached hydrogens (tertiary/aromatic N) is 4. The molecule has 3 aromatic heterocycles. The fourth-order valence-electron chi connectivity index (χ4n) is 4.96. The zero-order chi connectivity index (χ0) is 25.8. The Morgan fingerprint density at radius 3 is 2.68 bits per heavy atom. The van der Waals surface area contributed by atoms with Gasteiger partial charge in [0, 0.05) is 50.1 Å². The Balaban J connectivity index is 1.35. The van der Waals surface area contributed by atoms with Crippen molar-refractivity contribution in [3.8, 4) is 0 Å². The first-order chi connectivity index (χ1) is 18.0. The lowest BCUT2D eigenvalue weighted by Gasteiger charge is -2.35. The molecule has 0 radical (unpaired) electrons. The average molecular weight is 535 g/mol. The molecule has 1 aromatic carbocycles. The minimum Gasteiger partial charge on any atom is -0.348 e. The van der Waals surface area contributed by atoms with Gasteiger partial charge in [0.2, 0.25) is 0 Å². The molecule has 190 valence electrons. The molecule has 7 nitrogen and oxygen atoms in total. The summed E-state index contributed by atoms with van der Waals surface area (Å²) in [7, 11) is 0. The van der Waals surface area contributed by atoms with Gasteiger partial charge in [-0.1, -0.05) is 53.5 Å². The molecule has 0 aliphatic heterocycles. The molecule has 1 amide bonds. The van der Waals surface area contributed by atoms with Crippen LogP contribution in [0.5, 0.6) is 0 Å². The predicted molar refractivity (Wildman–Crippen MR) is 144 cm³/mol. The molecular weight excluding hydrogens is 507 g/mol. The van der Waals surface area contributed by atoms with Crippen LogP contribution < -0.4 is 5.32 Å². The monoisotopic (exact) mass is 534 g/mol. The summed E-state index contributed by atoms with van der Waals surface area (Å²) in [6, 6.07) is 12.7. The van der Waals surface area contributed by atoms with Gasteiger partial charge in [0.1, 0.15) is 5.82 Å². The molecule has 2 N–H and O–H groups in total. The number of hydrogen-bond donors (Lipinski definition) is 2. The first-order valence-electron chi connectivity index (χ1n) is 12.3. The SMILES string of the molecule is Cc1ncc(CN(Cc2cccc(CNC(=O)c3c(Cl)cncc3Cl)c2)C2CCCc3cccnc32)[nH]1. The van der Waals surface area contributed by atoms with E-state index in [0.29, 0.717) is 6.54 Å². The van der Waals surface area contributed by atoms with E-state index in [9.17, 15) is 4.79 Å². The third-order valence-corrected chi connectivity index (χ3v) is 7.22. The molecule has 0 saturated heterocycles. The fraction of sp³-hybridized carbons (Fsp3) is 0.286. The van der Waals surface area contributed by atoms with Gasteiger partial charge in [-0.25, -0.2) is 4.98 Å². The van der Waals surface area contributed by atoms with Gasteiger partial charge in [-0.15, -0.1) is 0 Å². The third-order valence-electron chi connectivity index (χ3n) is 6.65. The Kier molecular flexibility index (Phi) is 7.84. The van der Waals surface area contributed by atoms with Crippen LogP contribution in [0.1, 0.15) is 63.1 Å². The molecule has 9 heteroatoms. The second-order valence-corrected chi connectivity index (χ2v) is 10.1. The van der Waals surface area contributed by atoms with Crippen molar-refractivity contribution in [2.24, 2.45) is 0 Å². The number of hydrogen-bond acceptors (Lipinski definition) is 5. The summed E-state index contributed by atoms with van der Waals surface area (Å²) < 4.78 is 0. The van der Waals surface area contributed by atoms with Gasteiger partial charge < -0.3 is 10.3 Å². The van der Waals surface area contributed by atoms with Gasteiger partial charge in [0.05, 0.1) is 27.3 Å². The van der Waals surface area contributed by atoms with Crippen LogP contribution in [0.4, 0.5) is 0 Å². The number of benzene rings is 1. The quantitative estimate of drug-likeness (QED) is 0.297. The molecule has 5 rings (SSSR count). The number of nitrogens with one attached hydrogen (secondary N) is 2. The van der Waals surface area contributed by atoms with Gasteiger partial charge in [-0.05, 0) is 48.9 Å². The van der Waals surface area contributed by atoms with Crippen molar-refractivity contribution in [2.45, 2.75) is 51.9 Å². The lowest BCUT2D eigenvalue weighted by atomic mass is 9.90. The average Bonchev–Trinajstić information content (AvgIpc) is 3.31. The molecule has 1 aliphatic rings. The van der Waals surface area contributed by atoms with Crippen molar-refractivity contribution in [2.75, 3.05) is 0 Å². The van der Waals surface area contributed by atoms with Crippen LogP contribution in [0.25, 0.3) is 0 Å². The maximum absolute atomic E-state index is 12.7. The molecule has 0 fully saturated rings. The van der Waals surface area contributed by atoms with Crippen molar-refractivity contribution >= 4 is 29.1 Å². The Morgan fingerprint density at radius 2 is 1.89 bits per heavy atom. The zero-order valence-electron chi connectivity index (χ0n) is 20.5. The Labute approximate surface area is 226 Å². The standard InChI is InChI=1S/C28H28Cl2N6O/c1-18-33-13-22(35-18)17-36(25-9-3-7-21-8-4-10-32-27(21)25)16-20-6-2-5-19(11-20)12-34-28(37)26-23(29)14-31-15-24(26)30/h2,4-6,8,10-11,13-15,25H,3,7,9,12,16-17H2,1H3,(H,33,35)(H,34,37). The van der Waals surface area contributed by atoms with Gasteiger partial charge in [0.15, 0.2) is 0 Å². The van der Waals surface area contributed by atoms with E-state index in [2.05, 4.69) is 43.4 Å². The van der Waals surface area contributed by atoms with Crippen LogP contribution in [0.15, 0.2) is 61.2 Å². The largest absolute Gasteiger partial charge is 0.348 e. The number of rotatable bonds is 8. The summed E-state index contributed by atoms with van der Waals surface area (Å²) in [6.45, 7) is 3.80. The number of H-pyrrole nitrogens is 1. The van der Waals surface area contributed by atoms with Gasteiger partial charge in [-0.3, -0.25) is 19.7 Å². The smallest absolute Gasteiger partial charge is 0.254 e. The second-order valence-electron chi connectivity index (χ2n) is 9.34. The minimum atomic E-state index is -0.330. The molecule has 0 spiro atoms. The van der Waals surface area contributed by atoms with Crippen LogP contribution in [0, 0.1) is 6.92 Å². The Morgan fingerprint density at radius 1 is 1.08 bits per heavy atom. The minimum absolute atomic E-state index is 0.216. The van der Waals surface area contributed by atoms with E-state index in [-0.39, 0.29) is 27.6 Å². The second kappa shape index (κ2) is 11.4. The predicted octanol–water partition coefficient (Wildman–Crippen LogP) is 5.82. The molecular formula is C28H28Cl2N6O. The van der Waals surface area contributed by atoms with Crippen LogP contribution in [-0.4, -0.2) is 30.7 Å². The van der Waals surface area contributed by atoms with Crippen molar-refractivity contribution in [1.82, 2.24) is 30.2 Å². The van der Waals surface area contributed by atoms with Crippen molar-refractivity contribution in [1.29, 1.82) is 0 Å². The number of carbonyl (C=O) groups is 1. The summed E-state index contributed by atoms with van der Waals surface area (Å²) >= 11 is 12.3. The van der Waals surface area contributed by atoms with E-state index >= 15 is 0 Å². The van der Waals surface area contributed by atoms with Crippen LogP contribution in [0.3, 0.4) is 0 Å². The lowest BCUT2D eigenvalue weighted by Crippen LogP contribution is -2.31. The zero-order valence-corrected chi connectivity index (χ0v) is 22.1. The van der Waals surface area contributed by atoms with Crippen LogP contribution >= 0.6 is 23.2 Å². The van der Waals surface area contributed by atoms with E-state index in [0.717, 1.165) is 55.0 Å². The maximum Gasteiger partial charge on any atom is 0.254 e. The maximum atomic E-state index is 12.7. The summed E-state index contributed by atoms with van der Waals surface area (Å²) in [5.74, 6) is 0.577. The lowest BCUT2D eigenvalue weighted by molar-refractivity contribution is 0.0951. The molecule has 1 aliphatic carbocycles. The summed E-state index contributed by atoms with van der Waals surface area (Å²) in [4.78, 5) is 31.6. The van der Waals surface area contributed by atoms with E-state index in [1.54, 1.807) is 0 Å². The highest BCUT2D eigenvalue weighted by atomic mass is 35.5. The van der Waals surface area contributed by atoms with E-state index in [4.69, 9.17) is 28.2 Å². The summed E-state index contributed by atoms with van der Waals surface area (Å²) in [5.41, 5.74) is 5.96. The highest BCUT2D eigenvalue weighted by Gasteiger charge is 2.28. The number of imidazole rings is 1. The summed E-state index contributed by atoms with van der Waals surface area (Å²) in [6.07, 6.45) is 9.88. The molecule has 1 unspecified atom stereocenters. The van der Waals surface area contributed by atoms with Gasteiger partial charge in [-0.2, -0.15) is 0 Å². The number of aryl methyl sites for hydroxylation is 2. The number of pyridine rings is 2. The number of carbonyl (C=O) groups excluding carboxylic acids is 1. The number of amides is 1. The molecule has 3 heterocycles. The molecule has 0 saturated carbocycles. The molecule has 0 bridgehead atoms. The van der Waals surface area contributed by atoms with E-state index in [1.165, 1.54) is 23.7 Å². The Bertz CT molecular complexity index is 1380. The van der Waals surface area contributed by atoms with Crippen molar-refractivity contribution in [3.63, 3.8) is 0 Å². The van der Waals surface area contributed by atoms with Crippen molar-refractivity contribution < 1.29 is 4.79 Å². The summed E-state index contributed by atoms with van der Waals surface area (Å²) in [5, 5.41) is 3.38. The first-order valence-corrected chi connectivity index (χ1v) is 13.1. The van der Waals surface area contributed by atoms with Gasteiger partial charge in [0.25, 0.3) is 5.91 Å². The topological polar surface area (TPSA) is 86.8 Å².